The first kappa shape index (κ1) is 17.8. The maximum absolute atomic E-state index is 4.75. The molecule has 27 heavy (non-hydrogen) atoms. The molecule has 1 aliphatic heterocycles. The maximum atomic E-state index is 4.75. The maximum Gasteiger partial charge on any atom is 0.330 e. The summed E-state index contributed by atoms with van der Waals surface area (Å²) in [5, 5.41) is 2.45. The number of hydrogen-bond acceptors (Lipinski definition) is 3. The second-order valence-corrected chi connectivity index (χ2v) is 7.61. The number of rotatable bonds is 4. The Morgan fingerprint density at radius 2 is 1.89 bits per heavy atom. The standard InChI is InChI=1S/C23H24N3S/c1-4-25-19(16-15-18-14-13-17(3)24-23(18)25)9-8-12-22-26(5-2)20-10-6-7-11-21(20)27-22/h6-16H,4-5H2,1-3H3/q+1. The van der Waals surface area contributed by atoms with E-state index in [1.54, 1.807) is 0 Å². The number of para-hydroxylation sites is 1. The number of thioether (sulfide) groups is 1. The Morgan fingerprint density at radius 3 is 2.70 bits per heavy atom. The van der Waals surface area contributed by atoms with E-state index in [1.165, 1.54) is 26.7 Å². The smallest absolute Gasteiger partial charge is 0.330 e. The van der Waals surface area contributed by atoms with Gasteiger partial charge < -0.3 is 4.90 Å². The van der Waals surface area contributed by atoms with Gasteiger partial charge in [-0.1, -0.05) is 30.0 Å². The van der Waals surface area contributed by atoms with Gasteiger partial charge in [0.2, 0.25) is 0 Å². The van der Waals surface area contributed by atoms with Gasteiger partial charge in [-0.15, -0.1) is 0 Å². The van der Waals surface area contributed by atoms with Crippen LogP contribution in [0.1, 0.15) is 25.2 Å². The van der Waals surface area contributed by atoms with E-state index in [4.69, 9.17) is 4.98 Å². The number of pyridine rings is 2. The van der Waals surface area contributed by atoms with Gasteiger partial charge in [0, 0.05) is 18.4 Å². The van der Waals surface area contributed by atoms with Gasteiger partial charge in [0.1, 0.15) is 11.4 Å². The number of aryl methyl sites for hydroxylation is 2. The summed E-state index contributed by atoms with van der Waals surface area (Å²) in [4.78, 5) is 8.44. The van der Waals surface area contributed by atoms with Gasteiger partial charge in [-0.2, -0.15) is 0 Å². The van der Waals surface area contributed by atoms with Gasteiger partial charge >= 0.3 is 5.65 Å². The minimum absolute atomic E-state index is 0.894. The van der Waals surface area contributed by atoms with E-state index in [9.17, 15) is 0 Å². The van der Waals surface area contributed by atoms with Crippen LogP contribution < -0.4 is 9.47 Å². The Balaban J connectivity index is 1.67. The minimum atomic E-state index is 0.894. The lowest BCUT2D eigenvalue weighted by Crippen LogP contribution is -2.37. The highest BCUT2D eigenvalue weighted by Gasteiger charge is 2.22. The third-order valence-corrected chi connectivity index (χ3v) is 5.95. The molecule has 4 rings (SSSR count). The van der Waals surface area contributed by atoms with Crippen molar-refractivity contribution >= 4 is 34.6 Å². The second kappa shape index (κ2) is 7.57. The average molecular weight is 375 g/mol. The second-order valence-electron chi connectivity index (χ2n) is 6.55. The van der Waals surface area contributed by atoms with Crippen LogP contribution in [-0.2, 0) is 6.54 Å². The fourth-order valence-electron chi connectivity index (χ4n) is 3.50. The van der Waals surface area contributed by atoms with E-state index in [2.05, 4.69) is 90.1 Å². The summed E-state index contributed by atoms with van der Waals surface area (Å²) >= 11 is 1.84. The number of nitrogens with zero attached hydrogens (tertiary/aromatic N) is 3. The van der Waals surface area contributed by atoms with Crippen molar-refractivity contribution in [2.75, 3.05) is 11.4 Å². The van der Waals surface area contributed by atoms with Gasteiger partial charge in [-0.05, 0) is 67.4 Å². The molecule has 136 valence electrons. The first-order valence-corrected chi connectivity index (χ1v) is 10.3. The molecule has 3 heterocycles. The summed E-state index contributed by atoms with van der Waals surface area (Å²) < 4.78 is 2.27. The fraction of sp³-hybridized carbons (Fsp3) is 0.217. The summed E-state index contributed by atoms with van der Waals surface area (Å²) in [5.74, 6) is 0. The van der Waals surface area contributed by atoms with Crippen molar-refractivity contribution in [2.45, 2.75) is 32.2 Å². The molecule has 0 aliphatic carbocycles. The molecule has 0 atom stereocenters. The van der Waals surface area contributed by atoms with E-state index in [-0.39, 0.29) is 0 Å². The van der Waals surface area contributed by atoms with E-state index in [0.717, 1.165) is 24.4 Å². The van der Waals surface area contributed by atoms with E-state index < -0.39 is 0 Å². The molecular formula is C23H24N3S+. The molecule has 3 nitrogen and oxygen atoms in total. The predicted molar refractivity (Wildman–Crippen MR) is 115 cm³/mol. The number of fused-ring (bicyclic) bond motifs is 2. The molecule has 1 aliphatic rings. The van der Waals surface area contributed by atoms with Crippen molar-refractivity contribution in [1.82, 2.24) is 4.98 Å². The van der Waals surface area contributed by atoms with E-state index in [1.807, 2.05) is 18.7 Å². The van der Waals surface area contributed by atoms with Crippen LogP contribution in [0.5, 0.6) is 0 Å². The number of allylic oxidation sites excluding steroid dienone is 2. The number of anilines is 1. The summed E-state index contributed by atoms with van der Waals surface area (Å²) in [6, 6.07) is 17.1. The highest BCUT2D eigenvalue weighted by molar-refractivity contribution is 8.03. The lowest BCUT2D eigenvalue weighted by atomic mass is 10.2. The van der Waals surface area contributed by atoms with Crippen LogP contribution in [0.4, 0.5) is 5.69 Å². The molecule has 0 fully saturated rings. The molecule has 0 spiro atoms. The van der Waals surface area contributed by atoms with Crippen molar-refractivity contribution in [2.24, 2.45) is 0 Å². The van der Waals surface area contributed by atoms with Crippen LogP contribution in [0.2, 0.25) is 0 Å². The first-order chi connectivity index (χ1) is 13.2. The molecule has 1 aromatic carbocycles. The third-order valence-electron chi connectivity index (χ3n) is 4.82. The molecule has 0 bridgehead atoms. The summed E-state index contributed by atoms with van der Waals surface area (Å²) in [5.41, 5.74) is 4.57. The van der Waals surface area contributed by atoms with Crippen molar-refractivity contribution in [3.63, 3.8) is 0 Å². The number of hydrogen-bond donors (Lipinski definition) is 0. The topological polar surface area (TPSA) is 20.0 Å². The average Bonchev–Trinajstić information content (AvgIpc) is 3.05. The minimum Gasteiger partial charge on any atom is -0.335 e. The molecule has 0 unspecified atom stereocenters. The molecule has 0 N–H and O–H groups in total. The summed E-state index contributed by atoms with van der Waals surface area (Å²) in [6.07, 6.45) is 6.54. The molecule has 0 amide bonds. The molecule has 0 saturated heterocycles. The normalized spacial score (nSPS) is 15.2. The van der Waals surface area contributed by atoms with Crippen molar-refractivity contribution < 1.29 is 4.57 Å². The predicted octanol–water partition coefficient (Wildman–Crippen LogP) is 5.34. The Labute approximate surface area is 165 Å². The SMILES string of the molecule is CCN1C(=CC=Cc2ccc3ccc(C)nc3[n+]2CC)Sc2ccccc21. The Hall–Kier alpha value is -2.59. The largest absolute Gasteiger partial charge is 0.335 e. The Kier molecular flexibility index (Phi) is 4.99. The van der Waals surface area contributed by atoms with Gasteiger partial charge in [0.05, 0.1) is 22.6 Å². The zero-order valence-electron chi connectivity index (χ0n) is 16.0. The quantitative estimate of drug-likeness (QED) is 0.575. The number of benzene rings is 1. The third kappa shape index (κ3) is 3.37. The Bertz CT molecular complexity index is 1050. The highest BCUT2D eigenvalue weighted by Crippen LogP contribution is 2.45. The zero-order valence-corrected chi connectivity index (χ0v) is 16.8. The number of aromatic nitrogens is 2. The van der Waals surface area contributed by atoms with Crippen LogP contribution >= 0.6 is 11.8 Å². The Morgan fingerprint density at radius 1 is 1.07 bits per heavy atom. The van der Waals surface area contributed by atoms with Crippen molar-refractivity contribution in [3.05, 3.63) is 77.1 Å². The van der Waals surface area contributed by atoms with Gasteiger partial charge in [-0.25, -0.2) is 4.57 Å². The van der Waals surface area contributed by atoms with Crippen LogP contribution in [0.15, 0.2) is 70.6 Å². The summed E-state index contributed by atoms with van der Waals surface area (Å²) in [6.45, 7) is 8.27. The van der Waals surface area contributed by atoms with E-state index in [0.29, 0.717) is 0 Å². The molecular weight excluding hydrogens is 350 g/mol. The lowest BCUT2D eigenvalue weighted by Gasteiger charge is -2.17. The van der Waals surface area contributed by atoms with Crippen molar-refractivity contribution in [1.29, 1.82) is 0 Å². The zero-order chi connectivity index (χ0) is 18.8. The van der Waals surface area contributed by atoms with Crippen LogP contribution in [0.25, 0.3) is 17.1 Å². The molecule has 4 heteroatoms. The van der Waals surface area contributed by atoms with Crippen LogP contribution in [-0.4, -0.2) is 11.5 Å². The highest BCUT2D eigenvalue weighted by atomic mass is 32.2. The van der Waals surface area contributed by atoms with Crippen LogP contribution in [0.3, 0.4) is 0 Å². The lowest BCUT2D eigenvalue weighted by molar-refractivity contribution is -0.671. The molecule has 0 radical (unpaired) electrons. The monoisotopic (exact) mass is 374 g/mol. The van der Waals surface area contributed by atoms with Gasteiger partial charge in [0.15, 0.2) is 0 Å². The fourth-order valence-corrected chi connectivity index (χ4v) is 4.64. The van der Waals surface area contributed by atoms with Crippen molar-refractivity contribution in [3.8, 4) is 0 Å². The first-order valence-electron chi connectivity index (χ1n) is 9.44. The molecule has 2 aromatic heterocycles. The molecule has 0 saturated carbocycles. The van der Waals surface area contributed by atoms with Gasteiger partial charge in [-0.3, -0.25) is 0 Å². The summed E-state index contributed by atoms with van der Waals surface area (Å²) in [7, 11) is 0. The van der Waals surface area contributed by atoms with Crippen LogP contribution in [0, 0.1) is 6.92 Å². The van der Waals surface area contributed by atoms with E-state index >= 15 is 0 Å². The van der Waals surface area contributed by atoms with Gasteiger partial charge in [0.25, 0.3) is 0 Å². The molecule has 3 aromatic rings.